The highest BCUT2D eigenvalue weighted by atomic mass is 31.2. The van der Waals surface area contributed by atoms with Gasteiger partial charge in [0.05, 0.1) is 39.5 Å². The van der Waals surface area contributed by atoms with Crippen LogP contribution in [-0.4, -0.2) is 166 Å². The summed E-state index contributed by atoms with van der Waals surface area (Å²) >= 11 is 0. The molecule has 4 amide bonds. The highest BCUT2D eigenvalue weighted by Crippen LogP contribution is 2.43. The van der Waals surface area contributed by atoms with Crippen molar-refractivity contribution in [2.45, 2.75) is 371 Å². The Balaban J connectivity index is 2.53. The van der Waals surface area contributed by atoms with E-state index in [0.717, 1.165) is 135 Å². The zero-order chi connectivity index (χ0) is 72.1. The van der Waals surface area contributed by atoms with Gasteiger partial charge in [-0.15, -0.1) is 0 Å². The van der Waals surface area contributed by atoms with Gasteiger partial charge in [0.25, 0.3) is 0 Å². The number of hydrogen-bond acceptors (Lipinski definition) is 18. The van der Waals surface area contributed by atoms with E-state index in [0.29, 0.717) is 38.5 Å². The van der Waals surface area contributed by atoms with E-state index in [1.807, 2.05) is 0 Å². The normalized spacial score (nSPS) is 21.2. The number of phosphoric acid groups is 2. The molecule has 2 saturated heterocycles. The molecule has 2 rings (SSSR count). The van der Waals surface area contributed by atoms with Crippen molar-refractivity contribution in [3.8, 4) is 0 Å². The van der Waals surface area contributed by atoms with Crippen LogP contribution in [0.25, 0.3) is 0 Å². The van der Waals surface area contributed by atoms with Gasteiger partial charge in [-0.3, -0.25) is 37.8 Å². The van der Waals surface area contributed by atoms with Crippen LogP contribution < -0.4 is 21.3 Å². The summed E-state index contributed by atoms with van der Waals surface area (Å²) in [6.07, 6.45) is 26.1. The van der Waals surface area contributed by atoms with Crippen molar-refractivity contribution < 1.29 is 105 Å². The van der Waals surface area contributed by atoms with Crippen LogP contribution in [0, 0.1) is 0 Å². The van der Waals surface area contributed by atoms with Crippen LogP contribution in [-0.2, 0) is 75.4 Å². The van der Waals surface area contributed by atoms with Gasteiger partial charge in [-0.1, -0.05) is 259 Å². The molecular weight excluding hydrogens is 1310 g/mol. The maximum atomic E-state index is 14.0. The van der Waals surface area contributed by atoms with Crippen molar-refractivity contribution in [1.82, 2.24) is 21.3 Å². The fourth-order valence-corrected chi connectivity index (χ4v) is 13.1. The molecule has 26 nitrogen and oxygen atoms in total. The molecule has 2 aliphatic heterocycles. The number of aliphatic hydroxyl groups is 2. The number of ether oxygens (including phenoxy) is 6. The largest absolute Gasteiger partial charge is 0.470 e. The van der Waals surface area contributed by atoms with E-state index in [4.69, 9.17) is 32.9 Å². The third-order valence-electron chi connectivity index (χ3n) is 17.9. The van der Waals surface area contributed by atoms with Gasteiger partial charge < -0.3 is 79.5 Å². The van der Waals surface area contributed by atoms with E-state index in [9.17, 15) is 67.7 Å². The first-order valence-corrected chi connectivity index (χ1v) is 41.0. The Kier molecular flexibility index (Phi) is 53.1. The maximum Gasteiger partial charge on any atom is 0.470 e. The Hall–Kier alpha value is -3.20. The molecule has 2 heterocycles. The molecule has 98 heavy (non-hydrogen) atoms. The summed E-state index contributed by atoms with van der Waals surface area (Å²) in [6.45, 7) is 4.37. The van der Waals surface area contributed by atoms with Crippen LogP contribution in [0.2, 0.25) is 0 Å². The van der Waals surface area contributed by atoms with E-state index in [-0.39, 0.29) is 25.7 Å². The number of unbranched alkanes of at least 4 members (excludes halogenated alkanes) is 36. The molecule has 2 fully saturated rings. The maximum absolute atomic E-state index is 14.0. The lowest BCUT2D eigenvalue weighted by molar-refractivity contribution is -0.304. The van der Waals surface area contributed by atoms with Gasteiger partial charge in [-0.05, 0) is 25.7 Å². The van der Waals surface area contributed by atoms with E-state index in [1.54, 1.807) is 0 Å². The summed E-state index contributed by atoms with van der Waals surface area (Å²) < 4.78 is 70.8. The first-order chi connectivity index (χ1) is 47.2. The smallest absolute Gasteiger partial charge is 0.457 e. The number of nitrogens with one attached hydrogen (secondary N) is 4. The van der Waals surface area contributed by atoms with Crippen molar-refractivity contribution in [2.75, 3.05) is 39.5 Å². The number of amides is 4. The Bertz CT molecular complexity index is 2200. The van der Waals surface area contributed by atoms with Gasteiger partial charge in [0, 0.05) is 25.7 Å². The molecule has 0 aromatic carbocycles. The monoisotopic (exact) mass is 1440 g/mol. The molecule has 0 aromatic heterocycles. The van der Waals surface area contributed by atoms with E-state index in [2.05, 4.69) is 53.5 Å². The minimum atomic E-state index is -5.50. The van der Waals surface area contributed by atoms with Crippen molar-refractivity contribution >= 4 is 51.2 Å². The first kappa shape index (κ1) is 90.9. The number of carbonyl (C=O) groups excluding carboxylic acids is 6. The number of aliphatic hydroxyl groups excluding tert-OH is 2. The van der Waals surface area contributed by atoms with Gasteiger partial charge in [-0.2, -0.15) is 0 Å². The second kappa shape index (κ2) is 57.2. The molecule has 28 heteroatoms. The van der Waals surface area contributed by atoms with Crippen LogP contribution in [0.15, 0.2) is 0 Å². The summed E-state index contributed by atoms with van der Waals surface area (Å²) in [7, 11) is -10.5. The summed E-state index contributed by atoms with van der Waals surface area (Å²) in [5, 5.41) is 33.6. The second-order valence-corrected chi connectivity index (χ2v) is 29.2. The third kappa shape index (κ3) is 45.7. The van der Waals surface area contributed by atoms with Crippen LogP contribution in [0.4, 0.5) is 0 Å². The molecule has 0 saturated carbocycles. The average molecular weight is 1440 g/mol. The summed E-state index contributed by atoms with van der Waals surface area (Å²) in [6, 6.07) is -3.31. The van der Waals surface area contributed by atoms with Gasteiger partial charge in [0.2, 0.25) is 23.6 Å². The standard InChI is InChI=1S/C70H132N4O22P2/c1-5-9-13-17-21-25-27-31-35-39-43-47-61(80)94-67-63(73-59(78)51-71-57(76)45-41-37-33-29-23-19-15-11-7-3)69(89-49-50-91-97(83,84)85)93-56(65(67)82)54-90-70-64(74-60(79)52-72-58(77)46-42-38-34-30-24-20-16-12-8-4)68(66(55(53-75)92-70)96-98(86,87)88)95-62(81)48-44-40-36-32-28-26-22-18-14-10-6-2/h55-56,63-70,75,82H,5-54H2,1-4H3,(H,71,76)(H,72,77)(H,73,78)(H,74,79)(H2,83,84,85)(H2,86,87,88)/t55-,56-,63-,64-,65-,66-,67-,68-,69+,70-/m1/s1. The topological polar surface area (TPSA) is 380 Å². The summed E-state index contributed by atoms with van der Waals surface area (Å²) in [4.78, 5) is 121. The fourth-order valence-electron chi connectivity index (χ4n) is 12.3. The van der Waals surface area contributed by atoms with Crippen molar-refractivity contribution in [3.63, 3.8) is 0 Å². The van der Waals surface area contributed by atoms with Crippen LogP contribution in [0.5, 0.6) is 0 Å². The predicted octanol–water partition coefficient (Wildman–Crippen LogP) is 11.7. The zero-order valence-electron chi connectivity index (χ0n) is 60.2. The Morgan fingerprint density at radius 2 is 0.714 bits per heavy atom. The van der Waals surface area contributed by atoms with E-state index in [1.165, 1.54) is 83.5 Å². The van der Waals surface area contributed by atoms with E-state index < -0.39 is 152 Å². The number of hydrogen-bond donors (Lipinski definition) is 10. The molecule has 0 unspecified atom stereocenters. The van der Waals surface area contributed by atoms with Crippen LogP contribution in [0.1, 0.15) is 310 Å². The minimum Gasteiger partial charge on any atom is -0.457 e. The average Bonchev–Trinajstić information content (AvgIpc) is 0.788. The molecule has 10 atom stereocenters. The summed E-state index contributed by atoms with van der Waals surface area (Å²) in [5.41, 5.74) is 0. The van der Waals surface area contributed by atoms with Gasteiger partial charge in [-0.25, -0.2) is 9.13 Å². The zero-order valence-corrected chi connectivity index (χ0v) is 62.0. The molecule has 2 aliphatic rings. The molecule has 10 N–H and O–H groups in total. The number of esters is 2. The van der Waals surface area contributed by atoms with Gasteiger partial charge >= 0.3 is 27.6 Å². The lowest BCUT2D eigenvalue weighted by Gasteiger charge is -2.47. The fraction of sp³-hybridized carbons (Fsp3) is 0.914. The quantitative estimate of drug-likeness (QED) is 0.0154. The SMILES string of the molecule is CCCCCCCCCCCCCC(=O)O[C@@H]1[C@@H](NC(=O)CNC(=O)CCCCCCCCCCC)[C@H](OC[C@H]2O[C@H](OCCOP(=O)(O)O)[C@H](NC(=O)CNC(=O)CCCCCCCCCCC)[C@@H](OC(=O)CCCCCCCCCCCCC)[C@@H]2O)O[C@H](CO)[C@H]1OP(=O)(O)O. The second-order valence-electron chi connectivity index (χ2n) is 26.7. The Morgan fingerprint density at radius 1 is 0.388 bits per heavy atom. The predicted molar refractivity (Wildman–Crippen MR) is 373 cm³/mol. The summed E-state index contributed by atoms with van der Waals surface area (Å²) in [5.74, 6) is -4.15. The lowest BCUT2D eigenvalue weighted by atomic mass is 9.95. The highest BCUT2D eigenvalue weighted by molar-refractivity contribution is 7.46. The minimum absolute atomic E-state index is 0.101. The van der Waals surface area contributed by atoms with Crippen molar-refractivity contribution in [3.05, 3.63) is 0 Å². The van der Waals surface area contributed by atoms with Crippen LogP contribution >= 0.6 is 15.6 Å². The van der Waals surface area contributed by atoms with Crippen molar-refractivity contribution in [2.24, 2.45) is 0 Å². The number of phosphoric ester groups is 2. The highest BCUT2D eigenvalue weighted by Gasteiger charge is 2.54. The molecule has 574 valence electrons. The molecule has 0 aliphatic carbocycles. The molecule has 0 bridgehead atoms. The number of carbonyl (C=O) groups is 6. The molecular formula is C70H132N4O22P2. The molecule has 0 aromatic rings. The lowest BCUT2D eigenvalue weighted by Crippen LogP contribution is -2.68. The Morgan fingerprint density at radius 3 is 1.07 bits per heavy atom. The first-order valence-electron chi connectivity index (χ1n) is 37.9. The van der Waals surface area contributed by atoms with Gasteiger partial charge in [0.15, 0.2) is 24.8 Å². The van der Waals surface area contributed by atoms with E-state index >= 15 is 0 Å². The van der Waals surface area contributed by atoms with Gasteiger partial charge in [0.1, 0.15) is 36.5 Å². The van der Waals surface area contributed by atoms with Crippen molar-refractivity contribution in [1.29, 1.82) is 0 Å². The van der Waals surface area contributed by atoms with Crippen LogP contribution in [0.3, 0.4) is 0 Å². The molecule has 0 spiro atoms. The Labute approximate surface area is 586 Å². The number of rotatable bonds is 63. The molecule has 0 radical (unpaired) electrons. The third-order valence-corrected chi connectivity index (χ3v) is 18.9.